The maximum atomic E-state index is 13.1. The van der Waals surface area contributed by atoms with Crippen molar-refractivity contribution in [1.82, 2.24) is 4.90 Å². The third kappa shape index (κ3) is 3.01. The molecule has 1 fully saturated rings. The molecular formula is C13H18FN5. The second kappa shape index (κ2) is 5.26. The lowest BCUT2D eigenvalue weighted by Crippen LogP contribution is -2.31. The van der Waals surface area contributed by atoms with Crippen LogP contribution in [0.4, 0.5) is 4.39 Å². The first-order valence-electron chi connectivity index (χ1n) is 6.16. The summed E-state index contributed by atoms with van der Waals surface area (Å²) in [5.74, 6) is 0.0492. The van der Waals surface area contributed by atoms with E-state index in [1.165, 1.54) is 6.07 Å². The first-order chi connectivity index (χ1) is 8.97. The fourth-order valence-electron chi connectivity index (χ4n) is 2.50. The molecule has 0 spiro atoms. The molecule has 1 aromatic rings. The topological polar surface area (TPSA) is 91.5 Å². The summed E-state index contributed by atoms with van der Waals surface area (Å²) in [6.07, 6.45) is 0.912. The summed E-state index contributed by atoms with van der Waals surface area (Å²) in [5.41, 5.74) is 12.6. The summed E-state index contributed by atoms with van der Waals surface area (Å²) in [7, 11) is 0. The average Bonchev–Trinajstić information content (AvgIpc) is 2.77. The second-order valence-corrected chi connectivity index (χ2v) is 4.79. The van der Waals surface area contributed by atoms with E-state index in [1.54, 1.807) is 6.07 Å². The van der Waals surface area contributed by atoms with Crippen LogP contribution in [0.3, 0.4) is 0 Å². The van der Waals surface area contributed by atoms with Crippen molar-refractivity contribution in [2.45, 2.75) is 19.3 Å². The number of nitrogens with two attached hydrogens (primary N) is 2. The van der Waals surface area contributed by atoms with Gasteiger partial charge in [0.05, 0.1) is 0 Å². The molecule has 19 heavy (non-hydrogen) atoms. The zero-order chi connectivity index (χ0) is 14.0. The predicted octanol–water partition coefficient (Wildman–Crippen LogP) is 1.13. The summed E-state index contributed by atoms with van der Waals surface area (Å²) in [5, 5.41) is 7.78. The summed E-state index contributed by atoms with van der Waals surface area (Å²) >= 11 is 0. The minimum absolute atomic E-state index is 0.0854. The Balaban J connectivity index is 2.10. The number of nitrogens with zero attached hydrogens (tertiary/aromatic N) is 2. The van der Waals surface area contributed by atoms with E-state index in [-0.39, 0.29) is 23.7 Å². The Morgan fingerprint density at radius 3 is 2.84 bits per heavy atom. The van der Waals surface area contributed by atoms with Gasteiger partial charge in [-0.25, -0.2) is 4.39 Å². The van der Waals surface area contributed by atoms with Gasteiger partial charge in [0.2, 0.25) is 5.96 Å². The molecule has 1 heterocycles. The van der Waals surface area contributed by atoms with Gasteiger partial charge in [-0.2, -0.15) is 4.99 Å². The quantitative estimate of drug-likeness (QED) is 0.524. The maximum absolute atomic E-state index is 13.1. The van der Waals surface area contributed by atoms with E-state index in [1.807, 2.05) is 17.9 Å². The summed E-state index contributed by atoms with van der Waals surface area (Å²) in [6.45, 7) is 3.32. The Hall–Kier alpha value is -2.11. The molecule has 0 radical (unpaired) electrons. The van der Waals surface area contributed by atoms with Crippen LogP contribution in [0.5, 0.6) is 0 Å². The number of hydrogen-bond donors (Lipinski definition) is 3. The van der Waals surface area contributed by atoms with Gasteiger partial charge >= 0.3 is 0 Å². The molecule has 1 aliphatic heterocycles. The Morgan fingerprint density at radius 1 is 1.47 bits per heavy atom. The van der Waals surface area contributed by atoms with E-state index in [0.717, 1.165) is 24.1 Å². The lowest BCUT2D eigenvalue weighted by Gasteiger charge is -2.17. The smallest absolute Gasteiger partial charge is 0.221 e. The van der Waals surface area contributed by atoms with E-state index >= 15 is 0 Å². The third-order valence-corrected chi connectivity index (χ3v) is 3.39. The zero-order valence-corrected chi connectivity index (χ0v) is 10.9. The van der Waals surface area contributed by atoms with Crippen LogP contribution >= 0.6 is 0 Å². The number of halogens is 1. The monoisotopic (exact) mass is 263 g/mol. The van der Waals surface area contributed by atoms with E-state index in [2.05, 4.69) is 4.99 Å². The SMILES string of the molecule is Cc1cc(F)ccc1C1CCN(C(=N)N=C(N)N)C1. The number of nitrogens with one attached hydrogen (secondary N) is 1. The summed E-state index contributed by atoms with van der Waals surface area (Å²) in [6, 6.07) is 4.84. The average molecular weight is 263 g/mol. The molecule has 1 unspecified atom stereocenters. The Bertz CT molecular complexity index is 522. The molecule has 0 aromatic heterocycles. The van der Waals surface area contributed by atoms with Crippen LogP contribution in [0.15, 0.2) is 23.2 Å². The number of aryl methyl sites for hydroxylation is 1. The zero-order valence-electron chi connectivity index (χ0n) is 10.9. The van der Waals surface area contributed by atoms with Crippen LogP contribution in [-0.2, 0) is 0 Å². The Kier molecular flexibility index (Phi) is 3.69. The van der Waals surface area contributed by atoms with Gasteiger partial charge in [-0.1, -0.05) is 6.07 Å². The maximum Gasteiger partial charge on any atom is 0.221 e. The highest BCUT2D eigenvalue weighted by Crippen LogP contribution is 2.29. The van der Waals surface area contributed by atoms with Gasteiger partial charge in [-0.05, 0) is 36.6 Å². The fraction of sp³-hybridized carbons (Fsp3) is 0.385. The van der Waals surface area contributed by atoms with Crippen LogP contribution in [0.25, 0.3) is 0 Å². The molecule has 0 aliphatic carbocycles. The molecule has 1 aromatic carbocycles. The molecule has 5 N–H and O–H groups in total. The second-order valence-electron chi connectivity index (χ2n) is 4.79. The van der Waals surface area contributed by atoms with Crippen molar-refractivity contribution in [3.8, 4) is 0 Å². The minimum atomic E-state index is -0.218. The Labute approximate surface area is 111 Å². The highest BCUT2D eigenvalue weighted by molar-refractivity contribution is 5.91. The molecule has 102 valence electrons. The van der Waals surface area contributed by atoms with E-state index < -0.39 is 0 Å². The fourth-order valence-corrected chi connectivity index (χ4v) is 2.50. The number of hydrogen-bond acceptors (Lipinski definition) is 1. The lowest BCUT2D eigenvalue weighted by molar-refractivity contribution is 0.501. The molecule has 2 rings (SSSR count). The molecular weight excluding hydrogens is 245 g/mol. The van der Waals surface area contributed by atoms with Crippen molar-refractivity contribution in [1.29, 1.82) is 5.41 Å². The van der Waals surface area contributed by atoms with Crippen molar-refractivity contribution in [2.24, 2.45) is 16.5 Å². The highest BCUT2D eigenvalue weighted by atomic mass is 19.1. The van der Waals surface area contributed by atoms with Crippen molar-refractivity contribution >= 4 is 11.9 Å². The van der Waals surface area contributed by atoms with Gasteiger partial charge in [0, 0.05) is 19.0 Å². The highest BCUT2D eigenvalue weighted by Gasteiger charge is 2.26. The molecule has 5 nitrogen and oxygen atoms in total. The molecule has 1 saturated heterocycles. The van der Waals surface area contributed by atoms with Gasteiger partial charge in [0.15, 0.2) is 5.96 Å². The number of rotatable bonds is 1. The van der Waals surface area contributed by atoms with E-state index in [4.69, 9.17) is 16.9 Å². The third-order valence-electron chi connectivity index (χ3n) is 3.39. The van der Waals surface area contributed by atoms with E-state index in [0.29, 0.717) is 6.54 Å². The standard InChI is InChI=1S/C13H18FN5/c1-8-6-10(14)2-3-11(8)9-4-5-19(7-9)13(17)18-12(15)16/h2-3,6,9H,4-5,7H2,1H3,(H5,15,16,17,18). The first-order valence-corrected chi connectivity index (χ1v) is 6.16. The molecule has 0 bridgehead atoms. The number of guanidine groups is 2. The largest absolute Gasteiger partial charge is 0.370 e. The number of likely N-dealkylation sites (tertiary alicyclic amines) is 1. The number of benzene rings is 1. The summed E-state index contributed by atoms with van der Waals surface area (Å²) in [4.78, 5) is 5.57. The minimum Gasteiger partial charge on any atom is -0.370 e. The van der Waals surface area contributed by atoms with Crippen molar-refractivity contribution in [3.63, 3.8) is 0 Å². The number of aliphatic imine (C=N–C) groups is 1. The van der Waals surface area contributed by atoms with E-state index in [9.17, 15) is 4.39 Å². The van der Waals surface area contributed by atoms with Gasteiger partial charge in [0.1, 0.15) is 5.82 Å². The van der Waals surface area contributed by atoms with Crippen LogP contribution in [0.1, 0.15) is 23.5 Å². The molecule has 1 aliphatic rings. The van der Waals surface area contributed by atoms with Crippen LogP contribution in [-0.4, -0.2) is 29.9 Å². The van der Waals surface area contributed by atoms with Gasteiger partial charge in [-0.15, -0.1) is 0 Å². The van der Waals surface area contributed by atoms with Crippen LogP contribution < -0.4 is 11.5 Å². The lowest BCUT2D eigenvalue weighted by atomic mass is 9.94. The van der Waals surface area contributed by atoms with Crippen LogP contribution in [0.2, 0.25) is 0 Å². The van der Waals surface area contributed by atoms with Gasteiger partial charge in [-0.3, -0.25) is 5.41 Å². The molecule has 0 saturated carbocycles. The van der Waals surface area contributed by atoms with Crippen LogP contribution in [0, 0.1) is 18.2 Å². The molecule has 0 amide bonds. The molecule has 1 atom stereocenters. The normalized spacial score (nSPS) is 18.4. The Morgan fingerprint density at radius 2 is 2.21 bits per heavy atom. The predicted molar refractivity (Wildman–Crippen MR) is 73.6 cm³/mol. The first kappa shape index (κ1) is 13.3. The van der Waals surface area contributed by atoms with Crippen molar-refractivity contribution in [3.05, 3.63) is 35.1 Å². The summed E-state index contributed by atoms with van der Waals surface area (Å²) < 4.78 is 13.1. The van der Waals surface area contributed by atoms with Crippen molar-refractivity contribution < 1.29 is 4.39 Å². The van der Waals surface area contributed by atoms with Crippen molar-refractivity contribution in [2.75, 3.05) is 13.1 Å². The van der Waals surface area contributed by atoms with Gasteiger partial charge in [0.25, 0.3) is 0 Å². The molecule has 6 heteroatoms. The van der Waals surface area contributed by atoms with Gasteiger partial charge < -0.3 is 16.4 Å².